The molecule has 0 N–H and O–H groups in total. The quantitative estimate of drug-likeness (QED) is 0.833. The van der Waals surface area contributed by atoms with Crippen LogP contribution >= 0.6 is 11.6 Å². The van der Waals surface area contributed by atoms with Gasteiger partial charge in [-0.3, -0.25) is 4.79 Å². The van der Waals surface area contributed by atoms with Gasteiger partial charge in [0.15, 0.2) is 0 Å². The number of benzene rings is 1. The summed E-state index contributed by atoms with van der Waals surface area (Å²) in [5, 5.41) is 0.290. The average Bonchev–Trinajstić information content (AvgIpc) is 2.46. The van der Waals surface area contributed by atoms with Gasteiger partial charge < -0.3 is 9.80 Å². The van der Waals surface area contributed by atoms with Gasteiger partial charge in [0.05, 0.1) is 16.3 Å². The Balaban J connectivity index is 2.15. The van der Waals surface area contributed by atoms with E-state index in [1.54, 1.807) is 16.7 Å². The van der Waals surface area contributed by atoms with Gasteiger partial charge in [0, 0.05) is 32.6 Å². The lowest BCUT2D eigenvalue weighted by Crippen LogP contribution is -2.48. The summed E-state index contributed by atoms with van der Waals surface area (Å²) < 4.78 is 38.3. The molecule has 0 radical (unpaired) electrons. The molecule has 3 nitrogen and oxygen atoms in total. The zero-order valence-electron chi connectivity index (χ0n) is 11.6. The number of anilines is 1. The number of halogens is 4. The van der Waals surface area contributed by atoms with E-state index in [4.69, 9.17) is 11.6 Å². The first kappa shape index (κ1) is 15.9. The maximum absolute atomic E-state index is 12.8. The third-order valence-corrected chi connectivity index (χ3v) is 3.87. The van der Waals surface area contributed by atoms with Crippen molar-refractivity contribution in [1.29, 1.82) is 0 Å². The van der Waals surface area contributed by atoms with E-state index >= 15 is 0 Å². The molecule has 0 unspecified atom stereocenters. The van der Waals surface area contributed by atoms with Crippen LogP contribution in [-0.2, 0) is 11.0 Å². The van der Waals surface area contributed by atoms with E-state index in [1.807, 2.05) is 0 Å². The molecule has 116 valence electrons. The maximum atomic E-state index is 12.8. The van der Waals surface area contributed by atoms with Crippen molar-refractivity contribution in [2.75, 3.05) is 31.1 Å². The van der Waals surface area contributed by atoms with Gasteiger partial charge in [-0.1, -0.05) is 18.5 Å². The van der Waals surface area contributed by atoms with Crippen LogP contribution in [-0.4, -0.2) is 37.0 Å². The van der Waals surface area contributed by atoms with Gasteiger partial charge in [-0.2, -0.15) is 13.2 Å². The minimum absolute atomic E-state index is 0.0600. The molecular weight excluding hydrogens is 305 g/mol. The summed E-state index contributed by atoms with van der Waals surface area (Å²) in [7, 11) is 0. The van der Waals surface area contributed by atoms with E-state index in [1.165, 1.54) is 6.07 Å². The molecule has 1 aromatic rings. The predicted octanol–water partition coefficient (Wildman–Crippen LogP) is 3.42. The van der Waals surface area contributed by atoms with Crippen LogP contribution in [0.3, 0.4) is 0 Å². The molecule has 0 bridgehead atoms. The van der Waals surface area contributed by atoms with Gasteiger partial charge in [0.2, 0.25) is 5.91 Å². The lowest BCUT2D eigenvalue weighted by atomic mass is 10.1. The Morgan fingerprint density at radius 2 is 1.86 bits per heavy atom. The Bertz CT molecular complexity index is 525. The van der Waals surface area contributed by atoms with Crippen LogP contribution in [0.1, 0.15) is 18.9 Å². The Morgan fingerprint density at radius 3 is 2.38 bits per heavy atom. The highest BCUT2D eigenvalue weighted by atomic mass is 35.5. The van der Waals surface area contributed by atoms with Crippen molar-refractivity contribution in [3.8, 4) is 0 Å². The van der Waals surface area contributed by atoms with Crippen LogP contribution in [0.15, 0.2) is 18.2 Å². The zero-order valence-corrected chi connectivity index (χ0v) is 12.3. The average molecular weight is 321 g/mol. The molecule has 2 rings (SSSR count). The summed E-state index contributed by atoms with van der Waals surface area (Å²) in [6.45, 7) is 3.75. The molecule has 1 aliphatic rings. The molecule has 0 atom stereocenters. The SMILES string of the molecule is CCC(=O)N1CCN(c2cc(C(F)(F)F)ccc2Cl)CC1. The summed E-state index contributed by atoms with van der Waals surface area (Å²) in [5.41, 5.74) is -0.343. The number of piperazine rings is 1. The van der Waals surface area contributed by atoms with Crippen molar-refractivity contribution in [3.05, 3.63) is 28.8 Å². The molecule has 0 saturated carbocycles. The van der Waals surface area contributed by atoms with Crippen LogP contribution < -0.4 is 4.90 Å². The Morgan fingerprint density at radius 1 is 1.24 bits per heavy atom. The molecule has 1 saturated heterocycles. The fourth-order valence-corrected chi connectivity index (χ4v) is 2.59. The third-order valence-electron chi connectivity index (χ3n) is 3.55. The zero-order chi connectivity index (χ0) is 15.6. The van der Waals surface area contributed by atoms with Crippen LogP contribution in [0.25, 0.3) is 0 Å². The van der Waals surface area contributed by atoms with Crippen LogP contribution in [0.5, 0.6) is 0 Å². The number of hydrogen-bond acceptors (Lipinski definition) is 2. The van der Waals surface area contributed by atoms with Gasteiger partial charge in [-0.25, -0.2) is 0 Å². The third kappa shape index (κ3) is 3.61. The maximum Gasteiger partial charge on any atom is 0.416 e. The Kier molecular flexibility index (Phi) is 4.66. The number of amides is 1. The van der Waals surface area contributed by atoms with Crippen LogP contribution in [0.2, 0.25) is 5.02 Å². The summed E-state index contributed by atoms with van der Waals surface area (Å²) in [6, 6.07) is 3.31. The van der Waals surface area contributed by atoms with E-state index in [0.717, 1.165) is 12.1 Å². The summed E-state index contributed by atoms with van der Waals surface area (Å²) >= 11 is 6.02. The molecule has 0 aromatic heterocycles. The van der Waals surface area contributed by atoms with Crippen LogP contribution in [0, 0.1) is 0 Å². The fraction of sp³-hybridized carbons (Fsp3) is 0.500. The Hall–Kier alpha value is -1.43. The first-order valence-corrected chi connectivity index (χ1v) is 7.10. The molecule has 21 heavy (non-hydrogen) atoms. The minimum atomic E-state index is -4.39. The van der Waals surface area contributed by atoms with E-state index < -0.39 is 11.7 Å². The first-order chi connectivity index (χ1) is 9.82. The molecule has 1 aromatic carbocycles. The Labute approximate surface area is 126 Å². The molecule has 0 aliphatic carbocycles. The molecule has 1 amide bonds. The smallest absolute Gasteiger partial charge is 0.367 e. The van der Waals surface area contributed by atoms with E-state index in [-0.39, 0.29) is 5.91 Å². The number of rotatable bonds is 2. The van der Waals surface area contributed by atoms with Gasteiger partial charge in [0.1, 0.15) is 0 Å². The fourth-order valence-electron chi connectivity index (χ4n) is 2.35. The summed E-state index contributed by atoms with van der Waals surface area (Å²) in [5.74, 6) is 0.0600. The van der Waals surface area contributed by atoms with E-state index in [0.29, 0.717) is 43.3 Å². The summed E-state index contributed by atoms with van der Waals surface area (Å²) in [6.07, 6.45) is -3.95. The number of carbonyl (C=O) groups is 1. The van der Waals surface area contributed by atoms with Crippen molar-refractivity contribution in [3.63, 3.8) is 0 Å². The van der Waals surface area contributed by atoms with Crippen molar-refractivity contribution in [2.24, 2.45) is 0 Å². The highest BCUT2D eigenvalue weighted by molar-refractivity contribution is 6.33. The number of hydrogen-bond donors (Lipinski definition) is 0. The second-order valence-corrected chi connectivity index (χ2v) is 5.29. The molecular formula is C14H16ClF3N2O. The van der Waals surface area contributed by atoms with E-state index in [2.05, 4.69) is 0 Å². The van der Waals surface area contributed by atoms with Crippen molar-refractivity contribution in [1.82, 2.24) is 4.90 Å². The lowest BCUT2D eigenvalue weighted by molar-refractivity contribution is -0.137. The van der Waals surface area contributed by atoms with Gasteiger partial charge >= 0.3 is 6.18 Å². The van der Waals surface area contributed by atoms with Gasteiger partial charge in [0.25, 0.3) is 0 Å². The predicted molar refractivity (Wildman–Crippen MR) is 75.5 cm³/mol. The number of nitrogens with zero attached hydrogens (tertiary/aromatic N) is 2. The highest BCUT2D eigenvalue weighted by Crippen LogP contribution is 2.35. The standard InChI is InChI=1S/C14H16ClF3N2O/c1-2-13(21)20-7-5-19(6-8-20)12-9-10(14(16,17)18)3-4-11(12)15/h3-4,9H,2,5-8H2,1H3. The highest BCUT2D eigenvalue weighted by Gasteiger charge is 2.32. The van der Waals surface area contributed by atoms with E-state index in [9.17, 15) is 18.0 Å². The largest absolute Gasteiger partial charge is 0.416 e. The monoisotopic (exact) mass is 320 g/mol. The molecule has 1 aliphatic heterocycles. The normalized spacial score (nSPS) is 16.2. The second-order valence-electron chi connectivity index (χ2n) is 4.89. The second kappa shape index (κ2) is 6.13. The minimum Gasteiger partial charge on any atom is -0.367 e. The van der Waals surface area contributed by atoms with Gasteiger partial charge in [-0.05, 0) is 18.2 Å². The summed E-state index contributed by atoms with van der Waals surface area (Å²) in [4.78, 5) is 15.1. The van der Waals surface area contributed by atoms with Crippen molar-refractivity contribution in [2.45, 2.75) is 19.5 Å². The van der Waals surface area contributed by atoms with Crippen LogP contribution in [0.4, 0.5) is 18.9 Å². The van der Waals surface area contributed by atoms with Crippen molar-refractivity contribution >= 4 is 23.2 Å². The number of alkyl halides is 3. The topological polar surface area (TPSA) is 23.6 Å². The molecule has 1 fully saturated rings. The lowest BCUT2D eigenvalue weighted by Gasteiger charge is -2.36. The number of carbonyl (C=O) groups excluding carboxylic acids is 1. The van der Waals surface area contributed by atoms with Crippen molar-refractivity contribution < 1.29 is 18.0 Å². The molecule has 0 spiro atoms. The molecule has 7 heteroatoms. The first-order valence-electron chi connectivity index (χ1n) is 6.72. The van der Waals surface area contributed by atoms with Gasteiger partial charge in [-0.15, -0.1) is 0 Å². The molecule has 1 heterocycles.